The number of rotatable bonds is 4. The molecule has 1 atom stereocenters. The van der Waals surface area contributed by atoms with Gasteiger partial charge in [0.1, 0.15) is 11.5 Å². The van der Waals surface area contributed by atoms with Gasteiger partial charge in [0.25, 0.3) is 5.69 Å². The van der Waals surface area contributed by atoms with Crippen molar-refractivity contribution in [2.45, 2.75) is 13.0 Å². The van der Waals surface area contributed by atoms with Crippen LogP contribution in [0.1, 0.15) is 18.5 Å². The second kappa shape index (κ2) is 6.00. The molecule has 4 nitrogen and oxygen atoms in total. The number of anilines is 1. The minimum Gasteiger partial charge on any atom is -0.373 e. The van der Waals surface area contributed by atoms with E-state index in [-0.39, 0.29) is 21.9 Å². The Bertz CT molecular complexity index is 635. The molecule has 0 heterocycles. The van der Waals surface area contributed by atoms with Crippen LogP contribution in [0.25, 0.3) is 0 Å². The first kappa shape index (κ1) is 14.5. The predicted octanol–water partition coefficient (Wildman–Crippen LogP) is 4.67. The average Bonchev–Trinajstić information content (AvgIpc) is 2.43. The Labute approximate surface area is 123 Å². The van der Waals surface area contributed by atoms with Crippen LogP contribution in [0.2, 0.25) is 0 Å². The van der Waals surface area contributed by atoms with E-state index in [0.717, 1.165) is 11.6 Å². The van der Waals surface area contributed by atoms with Gasteiger partial charge in [-0.3, -0.25) is 10.1 Å². The van der Waals surface area contributed by atoms with Gasteiger partial charge < -0.3 is 5.32 Å². The molecule has 6 heteroatoms. The quantitative estimate of drug-likeness (QED) is 0.651. The summed E-state index contributed by atoms with van der Waals surface area (Å²) in [4.78, 5) is 10.4. The first-order chi connectivity index (χ1) is 9.49. The fourth-order valence-corrected chi connectivity index (χ4v) is 2.20. The van der Waals surface area contributed by atoms with Crippen LogP contribution in [0.3, 0.4) is 0 Å². The number of nitro benzene ring substituents is 1. The van der Waals surface area contributed by atoms with Crippen LogP contribution < -0.4 is 5.32 Å². The fraction of sp³-hybridized carbons (Fsp3) is 0.143. The van der Waals surface area contributed by atoms with Crippen molar-refractivity contribution in [3.05, 3.63) is 68.4 Å². The molecule has 0 aliphatic carbocycles. The Kier molecular flexibility index (Phi) is 4.34. The van der Waals surface area contributed by atoms with Crippen LogP contribution in [0, 0.1) is 15.9 Å². The lowest BCUT2D eigenvalue weighted by Gasteiger charge is -2.16. The molecule has 0 spiro atoms. The maximum absolute atomic E-state index is 13.4. The van der Waals surface area contributed by atoms with E-state index in [1.165, 1.54) is 6.07 Å². The van der Waals surface area contributed by atoms with E-state index in [1.54, 1.807) is 0 Å². The van der Waals surface area contributed by atoms with Crippen molar-refractivity contribution >= 4 is 27.3 Å². The van der Waals surface area contributed by atoms with Gasteiger partial charge in [0.15, 0.2) is 0 Å². The van der Waals surface area contributed by atoms with E-state index in [9.17, 15) is 14.5 Å². The Morgan fingerprint density at radius 3 is 2.55 bits per heavy atom. The summed E-state index contributed by atoms with van der Waals surface area (Å²) in [5.41, 5.74) is 0.982. The zero-order chi connectivity index (χ0) is 14.7. The van der Waals surface area contributed by atoms with Crippen molar-refractivity contribution in [1.82, 2.24) is 0 Å². The van der Waals surface area contributed by atoms with E-state index >= 15 is 0 Å². The zero-order valence-electron chi connectivity index (χ0n) is 10.6. The lowest BCUT2D eigenvalue weighted by molar-refractivity contribution is -0.384. The van der Waals surface area contributed by atoms with E-state index in [4.69, 9.17) is 0 Å². The first-order valence-corrected chi connectivity index (χ1v) is 6.73. The molecule has 2 rings (SSSR count). The molecule has 0 saturated heterocycles. The number of nitrogens with zero attached hydrogens (tertiary/aromatic N) is 1. The third-order valence-electron chi connectivity index (χ3n) is 2.91. The van der Waals surface area contributed by atoms with Crippen molar-refractivity contribution in [1.29, 1.82) is 0 Å². The number of nitro groups is 1. The van der Waals surface area contributed by atoms with Gasteiger partial charge in [-0.1, -0.05) is 30.3 Å². The van der Waals surface area contributed by atoms with Crippen LogP contribution in [-0.4, -0.2) is 4.92 Å². The second-order valence-electron chi connectivity index (χ2n) is 4.32. The minimum absolute atomic E-state index is 0.132. The standard InChI is InChI=1S/C14H12BrFN2O2/c1-9(10-5-3-2-4-6-10)17-13-7-11(15)12(16)8-14(13)18(19)20/h2-9,17H,1H3. The van der Waals surface area contributed by atoms with E-state index in [2.05, 4.69) is 21.2 Å². The van der Waals surface area contributed by atoms with Crippen molar-refractivity contribution < 1.29 is 9.31 Å². The molecule has 0 radical (unpaired) electrons. The van der Waals surface area contributed by atoms with Crippen LogP contribution >= 0.6 is 15.9 Å². The van der Waals surface area contributed by atoms with Gasteiger partial charge in [-0.2, -0.15) is 0 Å². The highest BCUT2D eigenvalue weighted by atomic mass is 79.9. The number of benzene rings is 2. The van der Waals surface area contributed by atoms with E-state index in [0.29, 0.717) is 0 Å². The van der Waals surface area contributed by atoms with Crippen molar-refractivity contribution in [3.63, 3.8) is 0 Å². The lowest BCUT2D eigenvalue weighted by Crippen LogP contribution is -2.08. The number of hydrogen-bond donors (Lipinski definition) is 1. The normalized spacial score (nSPS) is 11.9. The highest BCUT2D eigenvalue weighted by Crippen LogP contribution is 2.32. The third-order valence-corrected chi connectivity index (χ3v) is 3.51. The highest BCUT2D eigenvalue weighted by Gasteiger charge is 2.19. The summed E-state index contributed by atoms with van der Waals surface area (Å²) in [6, 6.07) is 11.7. The summed E-state index contributed by atoms with van der Waals surface area (Å²) >= 11 is 3.04. The van der Waals surface area contributed by atoms with Gasteiger partial charge in [-0.25, -0.2) is 4.39 Å². The van der Waals surface area contributed by atoms with Crippen molar-refractivity contribution in [2.75, 3.05) is 5.32 Å². The number of nitrogens with one attached hydrogen (secondary N) is 1. The van der Waals surface area contributed by atoms with Crippen LogP contribution in [0.5, 0.6) is 0 Å². The largest absolute Gasteiger partial charge is 0.373 e. The molecule has 0 fully saturated rings. The van der Waals surface area contributed by atoms with Gasteiger partial charge >= 0.3 is 0 Å². The van der Waals surface area contributed by atoms with Crippen LogP contribution in [0.4, 0.5) is 15.8 Å². The molecule has 1 unspecified atom stereocenters. The smallest absolute Gasteiger partial charge is 0.295 e. The SMILES string of the molecule is CC(Nc1cc(Br)c(F)cc1[N+](=O)[O-])c1ccccc1. The average molecular weight is 339 g/mol. The van der Waals surface area contributed by atoms with Crippen molar-refractivity contribution in [2.24, 2.45) is 0 Å². The molecule has 0 saturated carbocycles. The topological polar surface area (TPSA) is 55.2 Å². The van der Waals surface area contributed by atoms with Gasteiger partial charge in [-0.05, 0) is 34.5 Å². The Morgan fingerprint density at radius 2 is 1.95 bits per heavy atom. The second-order valence-corrected chi connectivity index (χ2v) is 5.17. The molecule has 0 amide bonds. The van der Waals surface area contributed by atoms with E-state index in [1.807, 2.05) is 37.3 Å². The summed E-state index contributed by atoms with van der Waals surface area (Å²) < 4.78 is 13.6. The highest BCUT2D eigenvalue weighted by molar-refractivity contribution is 9.10. The Hall–Kier alpha value is -1.95. The lowest BCUT2D eigenvalue weighted by atomic mass is 10.1. The zero-order valence-corrected chi connectivity index (χ0v) is 12.2. The third kappa shape index (κ3) is 3.14. The molecule has 2 aromatic carbocycles. The molecule has 2 aromatic rings. The molecule has 0 aromatic heterocycles. The number of halogens is 2. The fourth-order valence-electron chi connectivity index (χ4n) is 1.86. The van der Waals surface area contributed by atoms with Gasteiger partial charge in [-0.15, -0.1) is 0 Å². The molecule has 1 N–H and O–H groups in total. The molecule has 0 bridgehead atoms. The molecule has 0 aliphatic rings. The van der Waals surface area contributed by atoms with Crippen LogP contribution in [-0.2, 0) is 0 Å². The maximum atomic E-state index is 13.4. The van der Waals surface area contributed by atoms with Gasteiger partial charge in [0, 0.05) is 6.04 Å². The summed E-state index contributed by atoms with van der Waals surface area (Å²) in [7, 11) is 0. The van der Waals surface area contributed by atoms with Crippen molar-refractivity contribution in [3.8, 4) is 0 Å². The Balaban J connectivity index is 2.33. The first-order valence-electron chi connectivity index (χ1n) is 5.94. The maximum Gasteiger partial charge on any atom is 0.295 e. The molecular weight excluding hydrogens is 327 g/mol. The Morgan fingerprint density at radius 1 is 1.30 bits per heavy atom. The molecule has 104 valence electrons. The predicted molar refractivity (Wildman–Crippen MR) is 79.2 cm³/mol. The van der Waals surface area contributed by atoms with Crippen LogP contribution in [0.15, 0.2) is 46.9 Å². The minimum atomic E-state index is -0.658. The summed E-state index contributed by atoms with van der Waals surface area (Å²) in [6.45, 7) is 1.89. The summed E-state index contributed by atoms with van der Waals surface area (Å²) in [5.74, 6) is -0.658. The monoisotopic (exact) mass is 338 g/mol. The molecule has 20 heavy (non-hydrogen) atoms. The van der Waals surface area contributed by atoms with Gasteiger partial charge in [0.05, 0.1) is 15.5 Å². The summed E-state index contributed by atoms with van der Waals surface area (Å²) in [6.07, 6.45) is 0. The molecular formula is C14H12BrFN2O2. The molecule has 0 aliphatic heterocycles. The number of hydrogen-bond acceptors (Lipinski definition) is 3. The van der Waals surface area contributed by atoms with Gasteiger partial charge in [0.2, 0.25) is 0 Å². The summed E-state index contributed by atoms with van der Waals surface area (Å²) in [5, 5.41) is 14.0. The van der Waals surface area contributed by atoms with E-state index < -0.39 is 10.7 Å².